The molecule has 1 aromatic rings. The summed E-state index contributed by atoms with van der Waals surface area (Å²) < 4.78 is 36.2. The minimum atomic E-state index is -4.62. The zero-order chi connectivity index (χ0) is 11.1. The summed E-state index contributed by atoms with van der Waals surface area (Å²) in [6, 6.07) is 6.38. The molecule has 0 radical (unpaired) electrons. The summed E-state index contributed by atoms with van der Waals surface area (Å²) in [4.78, 5) is 8.63. The Hall–Kier alpha value is -1.24. The predicted octanol–water partition coefficient (Wildman–Crippen LogP) is 0.456. The minimum Gasteiger partial charge on any atom is -0.343 e. The zero-order valence-electron chi connectivity index (χ0n) is 7.58. The van der Waals surface area contributed by atoms with Gasteiger partial charge in [0.15, 0.2) is 6.29 Å². The number of hydrogen-bond acceptors (Lipinski definition) is 4. The Morgan fingerprint density at radius 3 is 2.67 bits per heavy atom. The van der Waals surface area contributed by atoms with Crippen LogP contribution in [0.3, 0.4) is 0 Å². The van der Waals surface area contributed by atoms with Crippen LogP contribution in [0.4, 0.5) is 0 Å². The first-order valence-electron chi connectivity index (χ1n) is 4.17. The van der Waals surface area contributed by atoms with Crippen molar-refractivity contribution in [3.8, 4) is 0 Å². The van der Waals surface area contributed by atoms with Crippen LogP contribution in [0.25, 0.3) is 0 Å². The average Bonchev–Trinajstić information content (AvgIpc) is 2.56. The number of ether oxygens (including phenoxy) is 1. The molecule has 0 saturated heterocycles. The number of hydrogen-bond donors (Lipinski definition) is 1. The van der Waals surface area contributed by atoms with E-state index in [4.69, 9.17) is 9.29 Å². The number of carbonyl (C=O) groups is 1. The lowest BCUT2D eigenvalue weighted by atomic mass is 10.1. The second kappa shape index (κ2) is 3.13. The maximum atomic E-state index is 11.1. The van der Waals surface area contributed by atoms with Gasteiger partial charge in [0.05, 0.1) is 6.61 Å². The van der Waals surface area contributed by atoms with Gasteiger partial charge in [-0.2, -0.15) is 8.42 Å². The van der Waals surface area contributed by atoms with Gasteiger partial charge in [-0.15, -0.1) is 0 Å². The van der Waals surface area contributed by atoms with Crippen molar-refractivity contribution in [2.75, 3.05) is 0 Å². The van der Waals surface area contributed by atoms with Gasteiger partial charge in [-0.05, 0) is 5.56 Å². The number of aldehydes is 1. The van der Waals surface area contributed by atoms with E-state index in [1.54, 1.807) is 18.2 Å². The van der Waals surface area contributed by atoms with E-state index in [9.17, 15) is 13.2 Å². The van der Waals surface area contributed by atoms with Crippen molar-refractivity contribution < 1.29 is 22.5 Å². The Morgan fingerprint density at radius 2 is 2.07 bits per heavy atom. The molecule has 2 rings (SSSR count). The van der Waals surface area contributed by atoms with Crippen LogP contribution in [0.15, 0.2) is 24.3 Å². The highest BCUT2D eigenvalue weighted by Gasteiger charge is 2.51. The summed E-state index contributed by atoms with van der Waals surface area (Å²) in [6.07, 6.45) is 0.105. The smallest absolute Gasteiger partial charge is 0.307 e. The maximum absolute atomic E-state index is 11.1. The molecule has 0 fully saturated rings. The van der Waals surface area contributed by atoms with Gasteiger partial charge in [-0.3, -0.25) is 9.35 Å². The lowest BCUT2D eigenvalue weighted by Crippen LogP contribution is -2.36. The van der Waals surface area contributed by atoms with E-state index in [-0.39, 0.29) is 18.5 Å². The molecular formula is C9H8O5S. The fourth-order valence-electron chi connectivity index (χ4n) is 1.62. The Kier molecular flexibility index (Phi) is 2.14. The van der Waals surface area contributed by atoms with Crippen LogP contribution >= 0.6 is 0 Å². The van der Waals surface area contributed by atoms with E-state index >= 15 is 0 Å². The van der Waals surface area contributed by atoms with Gasteiger partial charge in [0.2, 0.25) is 0 Å². The largest absolute Gasteiger partial charge is 0.343 e. The van der Waals surface area contributed by atoms with Crippen LogP contribution in [-0.2, 0) is 31.2 Å². The van der Waals surface area contributed by atoms with Crippen LogP contribution in [0.1, 0.15) is 11.1 Å². The molecule has 1 N–H and O–H groups in total. The number of fused-ring (bicyclic) bond motifs is 1. The third kappa shape index (κ3) is 1.30. The van der Waals surface area contributed by atoms with Crippen LogP contribution in [0, 0.1) is 0 Å². The summed E-state index contributed by atoms with van der Waals surface area (Å²) >= 11 is 0. The molecule has 1 heterocycles. The van der Waals surface area contributed by atoms with Crippen LogP contribution in [0.5, 0.6) is 0 Å². The Labute approximate surface area is 86.4 Å². The van der Waals surface area contributed by atoms with Crippen LogP contribution < -0.4 is 0 Å². The lowest BCUT2D eigenvalue weighted by molar-refractivity contribution is -0.121. The van der Waals surface area contributed by atoms with E-state index in [0.717, 1.165) is 0 Å². The third-order valence-corrected chi connectivity index (χ3v) is 3.57. The Bertz CT molecular complexity index is 507. The van der Waals surface area contributed by atoms with Crippen molar-refractivity contribution in [2.45, 2.75) is 11.5 Å². The van der Waals surface area contributed by atoms with E-state index in [1.165, 1.54) is 6.07 Å². The van der Waals surface area contributed by atoms with Gasteiger partial charge >= 0.3 is 10.1 Å². The molecule has 1 aliphatic rings. The van der Waals surface area contributed by atoms with Gasteiger partial charge in [-0.1, -0.05) is 24.3 Å². The summed E-state index contributed by atoms with van der Waals surface area (Å²) in [5.74, 6) is 0. The van der Waals surface area contributed by atoms with Gasteiger partial charge < -0.3 is 4.74 Å². The molecule has 1 aliphatic heterocycles. The maximum Gasteiger partial charge on any atom is 0.307 e. The topological polar surface area (TPSA) is 80.7 Å². The second-order valence-corrected chi connectivity index (χ2v) is 4.76. The molecule has 1 atom stereocenters. The number of benzene rings is 1. The summed E-state index contributed by atoms with van der Waals surface area (Å²) in [5.41, 5.74) is 0.768. The highest BCUT2D eigenvalue weighted by atomic mass is 32.2. The average molecular weight is 228 g/mol. The molecule has 0 spiro atoms. The van der Waals surface area contributed by atoms with Gasteiger partial charge in [0.25, 0.3) is 4.93 Å². The summed E-state index contributed by atoms with van der Waals surface area (Å²) in [7, 11) is -4.62. The third-order valence-electron chi connectivity index (χ3n) is 2.37. The molecule has 6 heteroatoms. The Morgan fingerprint density at radius 1 is 1.40 bits per heavy atom. The monoisotopic (exact) mass is 228 g/mol. The van der Waals surface area contributed by atoms with Crippen molar-refractivity contribution in [2.24, 2.45) is 0 Å². The molecule has 5 nitrogen and oxygen atoms in total. The standard InChI is InChI=1S/C9H8O5S/c10-6-9(15(11,12)13)8-4-2-1-3-7(8)5-14-9/h1-4,6H,5H2,(H,11,12,13). The first-order valence-corrected chi connectivity index (χ1v) is 5.61. The van der Waals surface area contributed by atoms with Crippen molar-refractivity contribution >= 4 is 16.4 Å². The van der Waals surface area contributed by atoms with E-state index < -0.39 is 15.1 Å². The highest BCUT2D eigenvalue weighted by Crippen LogP contribution is 2.38. The van der Waals surface area contributed by atoms with Crippen molar-refractivity contribution in [1.29, 1.82) is 0 Å². The molecule has 80 valence electrons. The summed E-state index contributed by atoms with van der Waals surface area (Å²) in [6.45, 7) is -0.00525. The highest BCUT2D eigenvalue weighted by molar-refractivity contribution is 7.87. The fourth-order valence-corrected chi connectivity index (χ4v) is 2.43. The van der Waals surface area contributed by atoms with Crippen molar-refractivity contribution in [1.82, 2.24) is 0 Å². The first-order chi connectivity index (χ1) is 7.01. The zero-order valence-corrected chi connectivity index (χ0v) is 8.40. The predicted molar refractivity (Wildman–Crippen MR) is 50.5 cm³/mol. The molecule has 0 bridgehead atoms. The van der Waals surface area contributed by atoms with Gasteiger partial charge in [0, 0.05) is 5.56 Å². The van der Waals surface area contributed by atoms with E-state index in [2.05, 4.69) is 0 Å². The van der Waals surface area contributed by atoms with E-state index in [1.807, 2.05) is 0 Å². The summed E-state index contributed by atoms with van der Waals surface area (Å²) in [5, 5.41) is 0. The molecule has 0 aliphatic carbocycles. The van der Waals surface area contributed by atoms with E-state index in [0.29, 0.717) is 5.56 Å². The second-order valence-electron chi connectivity index (χ2n) is 3.21. The van der Waals surface area contributed by atoms with Crippen LogP contribution in [0.2, 0.25) is 0 Å². The van der Waals surface area contributed by atoms with Gasteiger partial charge in [-0.25, -0.2) is 0 Å². The Balaban J connectivity index is 2.71. The molecule has 0 amide bonds. The van der Waals surface area contributed by atoms with Gasteiger partial charge in [0.1, 0.15) is 0 Å². The normalized spacial score (nSPS) is 24.9. The number of rotatable bonds is 2. The fraction of sp³-hybridized carbons (Fsp3) is 0.222. The van der Waals surface area contributed by atoms with Crippen molar-refractivity contribution in [3.63, 3.8) is 0 Å². The minimum absolute atomic E-state index is 0.00525. The molecule has 1 unspecified atom stereocenters. The first kappa shape index (κ1) is 10.3. The molecule has 0 aromatic heterocycles. The number of carbonyl (C=O) groups excluding carboxylic acids is 1. The molecule has 15 heavy (non-hydrogen) atoms. The SMILES string of the molecule is O=CC1(S(=O)(=O)O)OCc2ccccc21. The lowest BCUT2D eigenvalue weighted by Gasteiger charge is -2.18. The quantitative estimate of drug-likeness (QED) is 0.587. The molecule has 0 saturated carbocycles. The van der Waals surface area contributed by atoms with Crippen molar-refractivity contribution in [3.05, 3.63) is 35.4 Å². The van der Waals surface area contributed by atoms with Crippen LogP contribution in [-0.4, -0.2) is 19.3 Å². The molecular weight excluding hydrogens is 220 g/mol. The molecule has 1 aromatic carbocycles.